The van der Waals surface area contributed by atoms with Crippen molar-refractivity contribution < 1.29 is 0 Å². The fourth-order valence-electron chi connectivity index (χ4n) is 2.47. The molecule has 17 heavy (non-hydrogen) atoms. The molecule has 0 radical (unpaired) electrons. The van der Waals surface area contributed by atoms with Gasteiger partial charge in [-0.1, -0.05) is 19.3 Å². The highest BCUT2D eigenvalue weighted by molar-refractivity contribution is 4.71. The minimum atomic E-state index is 0.817. The van der Waals surface area contributed by atoms with Gasteiger partial charge in [-0.2, -0.15) is 0 Å². The molecule has 0 atom stereocenters. The summed E-state index contributed by atoms with van der Waals surface area (Å²) >= 11 is 0. The van der Waals surface area contributed by atoms with Crippen LogP contribution in [-0.4, -0.2) is 51.2 Å². The largest absolute Gasteiger partial charge is 0.317 e. The van der Waals surface area contributed by atoms with Crippen molar-refractivity contribution in [3.05, 3.63) is 0 Å². The Morgan fingerprint density at radius 1 is 0.941 bits per heavy atom. The molecule has 2 N–H and O–H groups in total. The van der Waals surface area contributed by atoms with E-state index in [0.29, 0.717) is 0 Å². The highest BCUT2D eigenvalue weighted by atomic mass is 15.1. The number of nitrogens with one attached hydrogen (secondary N) is 2. The molecule has 1 rings (SSSR count). The van der Waals surface area contributed by atoms with E-state index in [1.807, 2.05) is 0 Å². The summed E-state index contributed by atoms with van der Waals surface area (Å²) in [6, 6.07) is 0.817. The van der Waals surface area contributed by atoms with Crippen molar-refractivity contribution in [3.63, 3.8) is 0 Å². The van der Waals surface area contributed by atoms with Gasteiger partial charge in [0.15, 0.2) is 0 Å². The molecular weight excluding hydrogens is 210 g/mol. The maximum Gasteiger partial charge on any atom is 0.00670 e. The Balaban J connectivity index is 1.78. The van der Waals surface area contributed by atoms with Gasteiger partial charge in [-0.05, 0) is 66.0 Å². The van der Waals surface area contributed by atoms with Crippen LogP contribution in [0.5, 0.6) is 0 Å². The first-order chi connectivity index (χ1) is 8.29. The molecule has 1 fully saturated rings. The average Bonchev–Trinajstić information content (AvgIpc) is 2.33. The lowest BCUT2D eigenvalue weighted by atomic mass is 9.95. The van der Waals surface area contributed by atoms with E-state index in [1.165, 1.54) is 58.0 Å². The molecule has 0 heterocycles. The van der Waals surface area contributed by atoms with Gasteiger partial charge in [0.25, 0.3) is 0 Å². The zero-order valence-corrected chi connectivity index (χ0v) is 11.8. The highest BCUT2D eigenvalue weighted by Gasteiger charge is 2.11. The highest BCUT2D eigenvalue weighted by Crippen LogP contribution is 2.16. The minimum Gasteiger partial charge on any atom is -0.317 e. The maximum absolute atomic E-state index is 3.68. The summed E-state index contributed by atoms with van der Waals surface area (Å²) in [5, 5.41) is 7.19. The van der Waals surface area contributed by atoms with E-state index in [4.69, 9.17) is 0 Å². The Labute approximate surface area is 107 Å². The molecule has 0 aromatic heterocycles. The summed E-state index contributed by atoms with van der Waals surface area (Å²) in [5.74, 6) is 0. The summed E-state index contributed by atoms with van der Waals surface area (Å²) in [6.07, 6.45) is 9.63. The van der Waals surface area contributed by atoms with Gasteiger partial charge in [0.1, 0.15) is 0 Å². The minimum absolute atomic E-state index is 0.817. The van der Waals surface area contributed by atoms with E-state index >= 15 is 0 Å². The van der Waals surface area contributed by atoms with Crippen LogP contribution >= 0.6 is 0 Å². The lowest BCUT2D eigenvalue weighted by Gasteiger charge is -2.22. The lowest BCUT2D eigenvalue weighted by molar-refractivity contribution is 0.369. The van der Waals surface area contributed by atoms with Gasteiger partial charge in [0.2, 0.25) is 0 Å². The Hall–Kier alpha value is -0.120. The third-order valence-electron chi connectivity index (χ3n) is 3.53. The molecule has 0 saturated heterocycles. The zero-order valence-electron chi connectivity index (χ0n) is 11.8. The molecule has 0 aromatic rings. The molecule has 0 bridgehead atoms. The molecule has 1 saturated carbocycles. The van der Waals surface area contributed by atoms with Gasteiger partial charge >= 0.3 is 0 Å². The van der Waals surface area contributed by atoms with Crippen LogP contribution in [0.2, 0.25) is 0 Å². The normalized spacial score (nSPS) is 17.8. The van der Waals surface area contributed by atoms with Crippen molar-refractivity contribution in [1.82, 2.24) is 15.5 Å². The first kappa shape index (κ1) is 14.9. The first-order valence-corrected chi connectivity index (χ1v) is 7.38. The van der Waals surface area contributed by atoms with Crippen molar-refractivity contribution in [1.29, 1.82) is 0 Å². The molecule has 3 heteroatoms. The predicted octanol–water partition coefficient (Wildman–Crippen LogP) is 1.84. The fraction of sp³-hybridized carbons (Fsp3) is 1.00. The molecule has 0 spiro atoms. The van der Waals surface area contributed by atoms with E-state index in [-0.39, 0.29) is 0 Å². The Kier molecular flexibility index (Phi) is 8.67. The van der Waals surface area contributed by atoms with Gasteiger partial charge in [-0.15, -0.1) is 0 Å². The average molecular weight is 241 g/mol. The molecule has 0 aromatic carbocycles. The molecule has 102 valence electrons. The van der Waals surface area contributed by atoms with Gasteiger partial charge in [-0.3, -0.25) is 0 Å². The van der Waals surface area contributed by atoms with Crippen LogP contribution in [0.15, 0.2) is 0 Å². The Morgan fingerprint density at radius 3 is 2.35 bits per heavy atom. The summed E-state index contributed by atoms with van der Waals surface area (Å²) < 4.78 is 0. The van der Waals surface area contributed by atoms with Crippen molar-refractivity contribution in [2.24, 2.45) is 0 Å². The summed E-state index contributed by atoms with van der Waals surface area (Å²) in [7, 11) is 4.27. The number of nitrogens with zero attached hydrogens (tertiary/aromatic N) is 1. The zero-order chi connectivity index (χ0) is 12.3. The van der Waals surface area contributed by atoms with Crippen LogP contribution < -0.4 is 10.6 Å². The van der Waals surface area contributed by atoms with Crippen LogP contribution in [0.4, 0.5) is 0 Å². The summed E-state index contributed by atoms with van der Waals surface area (Å²) in [5.41, 5.74) is 0. The van der Waals surface area contributed by atoms with Gasteiger partial charge in [0.05, 0.1) is 0 Å². The Bertz CT molecular complexity index is 165. The van der Waals surface area contributed by atoms with Crippen molar-refractivity contribution in [3.8, 4) is 0 Å². The van der Waals surface area contributed by atoms with Crippen LogP contribution in [-0.2, 0) is 0 Å². The van der Waals surface area contributed by atoms with Crippen molar-refractivity contribution in [2.75, 3.05) is 40.3 Å². The SMILES string of the molecule is CN(C)CCCNCCCNC1CCCCC1. The summed E-state index contributed by atoms with van der Waals surface area (Å²) in [4.78, 5) is 2.24. The van der Waals surface area contributed by atoms with Crippen LogP contribution in [0.25, 0.3) is 0 Å². The Morgan fingerprint density at radius 2 is 1.65 bits per heavy atom. The molecule has 1 aliphatic carbocycles. The number of hydrogen-bond acceptors (Lipinski definition) is 3. The first-order valence-electron chi connectivity index (χ1n) is 7.38. The lowest BCUT2D eigenvalue weighted by Crippen LogP contribution is -2.33. The predicted molar refractivity (Wildman–Crippen MR) is 75.5 cm³/mol. The smallest absolute Gasteiger partial charge is 0.00670 e. The van der Waals surface area contributed by atoms with Crippen molar-refractivity contribution >= 4 is 0 Å². The van der Waals surface area contributed by atoms with E-state index in [1.54, 1.807) is 0 Å². The molecular formula is C14H31N3. The van der Waals surface area contributed by atoms with E-state index in [0.717, 1.165) is 19.1 Å². The molecule has 1 aliphatic rings. The van der Waals surface area contributed by atoms with E-state index in [9.17, 15) is 0 Å². The second-order valence-electron chi connectivity index (χ2n) is 5.55. The van der Waals surface area contributed by atoms with Gasteiger partial charge < -0.3 is 15.5 Å². The molecule has 0 unspecified atom stereocenters. The number of rotatable bonds is 9. The van der Waals surface area contributed by atoms with E-state index < -0.39 is 0 Å². The van der Waals surface area contributed by atoms with Crippen LogP contribution in [0.3, 0.4) is 0 Å². The molecule has 0 aliphatic heterocycles. The maximum atomic E-state index is 3.68. The van der Waals surface area contributed by atoms with Gasteiger partial charge in [0, 0.05) is 6.04 Å². The fourth-order valence-corrected chi connectivity index (χ4v) is 2.47. The number of hydrogen-bond donors (Lipinski definition) is 2. The molecule has 0 amide bonds. The monoisotopic (exact) mass is 241 g/mol. The van der Waals surface area contributed by atoms with Crippen molar-refractivity contribution in [2.45, 2.75) is 51.0 Å². The second kappa shape index (κ2) is 9.86. The topological polar surface area (TPSA) is 27.3 Å². The van der Waals surface area contributed by atoms with Crippen LogP contribution in [0.1, 0.15) is 44.9 Å². The summed E-state index contributed by atoms with van der Waals surface area (Å²) in [6.45, 7) is 4.69. The standard InChI is InChI=1S/C14H31N3/c1-17(2)13-7-11-15-10-6-12-16-14-8-4-3-5-9-14/h14-16H,3-13H2,1-2H3. The third kappa shape index (κ3) is 8.58. The van der Waals surface area contributed by atoms with E-state index in [2.05, 4.69) is 29.6 Å². The third-order valence-corrected chi connectivity index (χ3v) is 3.53. The molecule has 3 nitrogen and oxygen atoms in total. The van der Waals surface area contributed by atoms with Gasteiger partial charge in [-0.25, -0.2) is 0 Å². The second-order valence-corrected chi connectivity index (χ2v) is 5.55. The van der Waals surface area contributed by atoms with Crippen LogP contribution in [0, 0.1) is 0 Å². The quantitative estimate of drug-likeness (QED) is 0.603.